The highest BCUT2D eigenvalue weighted by Crippen LogP contribution is 2.17. The molecule has 9 heteroatoms. The molecule has 1 fully saturated rings. The predicted molar refractivity (Wildman–Crippen MR) is 90.2 cm³/mol. The summed E-state index contributed by atoms with van der Waals surface area (Å²) in [6.45, 7) is 2.46. The monoisotopic (exact) mass is 347 g/mol. The minimum atomic E-state index is -0.564. The van der Waals surface area contributed by atoms with Gasteiger partial charge in [-0.15, -0.1) is 0 Å². The van der Waals surface area contributed by atoms with Gasteiger partial charge in [0.2, 0.25) is 11.8 Å². The average molecular weight is 347 g/mol. The van der Waals surface area contributed by atoms with Gasteiger partial charge in [0.15, 0.2) is 0 Å². The number of urea groups is 2. The van der Waals surface area contributed by atoms with Gasteiger partial charge in [-0.1, -0.05) is 12.1 Å². The topological polar surface area (TPSA) is 111 Å². The van der Waals surface area contributed by atoms with E-state index < -0.39 is 12.1 Å². The molecule has 0 aromatic heterocycles. The summed E-state index contributed by atoms with van der Waals surface area (Å²) in [5.41, 5.74) is 3.68. The number of hydrazine groups is 1. The van der Waals surface area contributed by atoms with Crippen LogP contribution in [0, 0.1) is 0 Å². The van der Waals surface area contributed by atoms with Gasteiger partial charge in [-0.25, -0.2) is 20.0 Å². The predicted octanol–water partition coefficient (Wildman–Crippen LogP) is 1.03. The van der Waals surface area contributed by atoms with Gasteiger partial charge in [-0.05, 0) is 24.6 Å². The first-order valence-corrected chi connectivity index (χ1v) is 7.92. The van der Waals surface area contributed by atoms with Crippen molar-refractivity contribution in [3.63, 3.8) is 0 Å². The van der Waals surface area contributed by atoms with Crippen molar-refractivity contribution in [3.8, 4) is 0 Å². The van der Waals surface area contributed by atoms with Crippen LogP contribution in [0.5, 0.6) is 0 Å². The van der Waals surface area contributed by atoms with Crippen LogP contribution in [-0.2, 0) is 16.1 Å². The number of hydrogen-bond acceptors (Lipinski definition) is 4. The average Bonchev–Trinajstić information content (AvgIpc) is 2.88. The summed E-state index contributed by atoms with van der Waals surface area (Å²) in [5, 5.41) is 6.18. The Morgan fingerprint density at radius 3 is 2.28 bits per heavy atom. The molecule has 2 rings (SSSR count). The Hall–Kier alpha value is -3.10. The van der Waals surface area contributed by atoms with Crippen molar-refractivity contribution in [3.05, 3.63) is 29.8 Å². The number of rotatable bonds is 4. The lowest BCUT2D eigenvalue weighted by Crippen LogP contribution is -2.49. The van der Waals surface area contributed by atoms with E-state index >= 15 is 0 Å². The lowest BCUT2D eigenvalue weighted by Gasteiger charge is -2.19. The summed E-state index contributed by atoms with van der Waals surface area (Å²) in [6, 6.07) is 5.78. The molecule has 0 atom stereocenters. The highest BCUT2D eigenvalue weighted by Gasteiger charge is 2.28. The Morgan fingerprint density at radius 2 is 1.72 bits per heavy atom. The standard InChI is InChI=1S/C16H21N5O4/c1-3-17-16(25)20(2)19-15(24)18-12-6-4-11(5-7-12)10-21-13(22)8-9-14(21)23/h4-7H,3,8-10H2,1-2H3,(H,17,25)(H2,18,19,24). The van der Waals surface area contributed by atoms with Gasteiger partial charge in [0.25, 0.3) is 0 Å². The third-order valence-electron chi connectivity index (χ3n) is 3.61. The normalized spacial score (nSPS) is 13.6. The first kappa shape index (κ1) is 18.2. The van der Waals surface area contributed by atoms with Crippen molar-refractivity contribution >= 4 is 29.6 Å². The second kappa shape index (κ2) is 8.13. The van der Waals surface area contributed by atoms with Crippen LogP contribution in [0.1, 0.15) is 25.3 Å². The van der Waals surface area contributed by atoms with Gasteiger partial charge >= 0.3 is 12.1 Å². The quantitative estimate of drug-likeness (QED) is 0.558. The molecule has 134 valence electrons. The number of likely N-dealkylation sites (tertiary alicyclic amines) is 1. The molecular formula is C16H21N5O4. The van der Waals surface area contributed by atoms with Gasteiger partial charge in [-0.3, -0.25) is 14.5 Å². The van der Waals surface area contributed by atoms with Crippen LogP contribution < -0.4 is 16.1 Å². The number of nitrogens with one attached hydrogen (secondary N) is 3. The molecule has 0 saturated carbocycles. The van der Waals surface area contributed by atoms with E-state index in [0.29, 0.717) is 12.2 Å². The smallest absolute Gasteiger partial charge is 0.337 e. The zero-order valence-corrected chi connectivity index (χ0v) is 14.2. The molecule has 3 N–H and O–H groups in total. The number of carbonyl (C=O) groups is 4. The molecule has 1 aliphatic heterocycles. The number of carbonyl (C=O) groups excluding carboxylic acids is 4. The van der Waals surface area contributed by atoms with E-state index in [1.807, 2.05) is 0 Å². The van der Waals surface area contributed by atoms with Gasteiger partial charge in [0, 0.05) is 32.1 Å². The molecule has 1 aromatic carbocycles. The molecule has 0 aliphatic carbocycles. The van der Waals surface area contributed by atoms with E-state index in [9.17, 15) is 19.2 Å². The van der Waals surface area contributed by atoms with E-state index in [2.05, 4.69) is 16.1 Å². The molecule has 6 amide bonds. The van der Waals surface area contributed by atoms with Gasteiger partial charge in [0.05, 0.1) is 6.54 Å². The van der Waals surface area contributed by atoms with Gasteiger partial charge in [-0.2, -0.15) is 0 Å². The number of anilines is 1. The van der Waals surface area contributed by atoms with Crippen molar-refractivity contribution in [2.45, 2.75) is 26.3 Å². The number of hydrogen-bond donors (Lipinski definition) is 3. The van der Waals surface area contributed by atoms with Gasteiger partial charge in [0.1, 0.15) is 0 Å². The summed E-state index contributed by atoms with van der Waals surface area (Å²) < 4.78 is 0. The number of nitrogens with zero attached hydrogens (tertiary/aromatic N) is 2. The molecule has 1 aromatic rings. The Labute approximate surface area is 145 Å². The van der Waals surface area contributed by atoms with Crippen LogP contribution in [0.25, 0.3) is 0 Å². The summed E-state index contributed by atoms with van der Waals surface area (Å²) in [4.78, 5) is 47.8. The van der Waals surface area contributed by atoms with Crippen LogP contribution >= 0.6 is 0 Å². The highest BCUT2D eigenvalue weighted by molar-refractivity contribution is 6.01. The van der Waals surface area contributed by atoms with Crippen LogP contribution in [0.3, 0.4) is 0 Å². The fourth-order valence-corrected chi connectivity index (χ4v) is 2.31. The van der Waals surface area contributed by atoms with Gasteiger partial charge < -0.3 is 10.6 Å². The van der Waals surface area contributed by atoms with Crippen LogP contribution in [0.2, 0.25) is 0 Å². The zero-order valence-electron chi connectivity index (χ0n) is 14.2. The van der Waals surface area contributed by atoms with Crippen molar-refractivity contribution in [2.75, 3.05) is 18.9 Å². The molecular weight excluding hydrogens is 326 g/mol. The maximum atomic E-state index is 11.8. The fraction of sp³-hybridized carbons (Fsp3) is 0.375. The molecule has 0 radical (unpaired) electrons. The maximum Gasteiger partial charge on any atom is 0.338 e. The molecule has 9 nitrogen and oxygen atoms in total. The van der Waals surface area contributed by atoms with Crippen molar-refractivity contribution in [1.82, 2.24) is 20.7 Å². The van der Waals surface area contributed by atoms with E-state index in [1.54, 1.807) is 31.2 Å². The minimum absolute atomic E-state index is 0.167. The molecule has 0 bridgehead atoms. The van der Waals surface area contributed by atoms with Crippen molar-refractivity contribution in [2.24, 2.45) is 0 Å². The first-order chi connectivity index (χ1) is 11.9. The first-order valence-electron chi connectivity index (χ1n) is 7.92. The molecule has 1 aliphatic rings. The van der Waals surface area contributed by atoms with Crippen LogP contribution in [-0.4, -0.2) is 47.4 Å². The Kier molecular flexibility index (Phi) is 5.93. The highest BCUT2D eigenvalue weighted by atomic mass is 16.2. The number of benzene rings is 1. The summed E-state index contributed by atoms with van der Waals surface area (Å²) in [7, 11) is 1.43. The summed E-state index contributed by atoms with van der Waals surface area (Å²) in [5.74, 6) is -0.333. The molecule has 25 heavy (non-hydrogen) atoms. The minimum Gasteiger partial charge on any atom is -0.337 e. The maximum absolute atomic E-state index is 11.8. The lowest BCUT2D eigenvalue weighted by atomic mass is 10.2. The molecule has 1 heterocycles. The van der Waals surface area contributed by atoms with Crippen LogP contribution in [0.4, 0.5) is 15.3 Å². The summed E-state index contributed by atoms with van der Waals surface area (Å²) >= 11 is 0. The molecule has 0 unspecified atom stereocenters. The second-order valence-corrected chi connectivity index (χ2v) is 5.53. The largest absolute Gasteiger partial charge is 0.338 e. The van der Waals surface area contributed by atoms with E-state index in [0.717, 1.165) is 10.6 Å². The zero-order chi connectivity index (χ0) is 18.4. The number of imide groups is 1. The molecule has 1 saturated heterocycles. The second-order valence-electron chi connectivity index (χ2n) is 5.53. The van der Waals surface area contributed by atoms with E-state index in [4.69, 9.17) is 0 Å². The Balaban J connectivity index is 1.87. The van der Waals surface area contributed by atoms with Crippen molar-refractivity contribution < 1.29 is 19.2 Å². The lowest BCUT2D eigenvalue weighted by molar-refractivity contribution is -0.139. The third-order valence-corrected chi connectivity index (χ3v) is 3.61. The Bertz CT molecular complexity index is 658. The van der Waals surface area contributed by atoms with Crippen LogP contribution in [0.15, 0.2) is 24.3 Å². The summed E-state index contributed by atoms with van der Waals surface area (Å²) in [6.07, 6.45) is 0.523. The van der Waals surface area contributed by atoms with E-state index in [1.165, 1.54) is 11.9 Å². The SMILES string of the molecule is CCNC(=O)N(C)NC(=O)Nc1ccc(CN2C(=O)CCC2=O)cc1. The van der Waals surface area contributed by atoms with Crippen molar-refractivity contribution in [1.29, 1.82) is 0 Å². The third kappa shape index (κ3) is 4.93. The Morgan fingerprint density at radius 1 is 1.12 bits per heavy atom. The number of amides is 6. The fourth-order valence-electron chi connectivity index (χ4n) is 2.31. The molecule has 0 spiro atoms. The van der Waals surface area contributed by atoms with E-state index in [-0.39, 0.29) is 31.2 Å².